The second-order valence-corrected chi connectivity index (χ2v) is 7.75. The van der Waals surface area contributed by atoms with Gasteiger partial charge in [0.25, 0.3) is 0 Å². The summed E-state index contributed by atoms with van der Waals surface area (Å²) in [5.74, 6) is 1.91. The molecule has 1 aliphatic heterocycles. The molecule has 1 amide bonds. The lowest BCUT2D eigenvalue weighted by Gasteiger charge is -2.21. The summed E-state index contributed by atoms with van der Waals surface area (Å²) in [6, 6.07) is 0.476. The monoisotopic (exact) mass is 479 g/mol. The van der Waals surface area contributed by atoms with Gasteiger partial charge in [0.1, 0.15) is 0 Å². The molecule has 1 heterocycles. The number of likely N-dealkylation sites (tertiary alicyclic amines) is 1. The predicted octanol–water partition coefficient (Wildman–Crippen LogP) is 2.20. The van der Waals surface area contributed by atoms with E-state index in [1.165, 1.54) is 45.2 Å². The average Bonchev–Trinajstić information content (AvgIpc) is 3.24. The van der Waals surface area contributed by atoms with Gasteiger partial charge in [0.15, 0.2) is 5.96 Å². The Bertz CT molecular complexity index is 438. The Morgan fingerprint density at radius 1 is 1.19 bits per heavy atom. The maximum absolute atomic E-state index is 11.6. The number of guanidine groups is 1. The zero-order valence-electron chi connectivity index (χ0n) is 16.7. The minimum atomic E-state index is 0. The van der Waals surface area contributed by atoms with Gasteiger partial charge in [-0.1, -0.05) is 26.7 Å². The molecule has 1 unspecified atom stereocenters. The van der Waals surface area contributed by atoms with Crippen LogP contribution in [0.25, 0.3) is 0 Å². The van der Waals surface area contributed by atoms with Gasteiger partial charge in [-0.2, -0.15) is 0 Å². The van der Waals surface area contributed by atoms with Gasteiger partial charge in [-0.25, -0.2) is 0 Å². The van der Waals surface area contributed by atoms with E-state index < -0.39 is 0 Å². The smallest absolute Gasteiger partial charge is 0.222 e. The second kappa shape index (κ2) is 12.8. The molecule has 1 aliphatic carbocycles. The molecule has 1 saturated carbocycles. The van der Waals surface area contributed by atoms with E-state index in [1.807, 2.05) is 13.8 Å². The molecule has 2 aliphatic rings. The molecule has 26 heavy (non-hydrogen) atoms. The summed E-state index contributed by atoms with van der Waals surface area (Å²) in [6.07, 6.45) is 6.86. The molecule has 2 fully saturated rings. The van der Waals surface area contributed by atoms with Crippen LogP contribution in [0.1, 0.15) is 52.9 Å². The van der Waals surface area contributed by atoms with Crippen molar-refractivity contribution in [3.63, 3.8) is 0 Å². The fourth-order valence-electron chi connectivity index (χ4n) is 3.74. The van der Waals surface area contributed by atoms with E-state index in [2.05, 4.69) is 32.8 Å². The van der Waals surface area contributed by atoms with Gasteiger partial charge in [0.05, 0.1) is 6.54 Å². The van der Waals surface area contributed by atoms with Crippen LogP contribution in [0.3, 0.4) is 0 Å². The van der Waals surface area contributed by atoms with Gasteiger partial charge in [-0.05, 0) is 32.1 Å². The quantitative estimate of drug-likeness (QED) is 0.216. The number of amides is 1. The maximum atomic E-state index is 11.6. The molecular formula is C19H38IN5O. The first-order valence-electron chi connectivity index (χ1n) is 10.1. The highest BCUT2D eigenvalue weighted by Crippen LogP contribution is 2.26. The highest BCUT2D eigenvalue weighted by atomic mass is 127. The van der Waals surface area contributed by atoms with Crippen LogP contribution in [-0.2, 0) is 4.79 Å². The number of rotatable bonds is 8. The van der Waals surface area contributed by atoms with Gasteiger partial charge in [0.2, 0.25) is 5.91 Å². The molecule has 1 atom stereocenters. The van der Waals surface area contributed by atoms with Crippen molar-refractivity contribution in [1.29, 1.82) is 0 Å². The third kappa shape index (κ3) is 8.41. The molecule has 0 bridgehead atoms. The summed E-state index contributed by atoms with van der Waals surface area (Å²) in [6.45, 7) is 11.5. The predicted molar refractivity (Wildman–Crippen MR) is 119 cm³/mol. The molecule has 152 valence electrons. The van der Waals surface area contributed by atoms with Crippen molar-refractivity contribution >= 4 is 35.8 Å². The van der Waals surface area contributed by atoms with Crippen LogP contribution in [0.2, 0.25) is 0 Å². The van der Waals surface area contributed by atoms with Gasteiger partial charge < -0.3 is 20.9 Å². The molecular weight excluding hydrogens is 441 g/mol. The van der Waals surface area contributed by atoms with E-state index in [4.69, 9.17) is 0 Å². The van der Waals surface area contributed by atoms with Crippen LogP contribution >= 0.6 is 24.0 Å². The molecule has 7 heteroatoms. The van der Waals surface area contributed by atoms with E-state index in [9.17, 15) is 4.79 Å². The van der Waals surface area contributed by atoms with Crippen LogP contribution < -0.4 is 16.0 Å². The lowest BCUT2D eigenvalue weighted by Crippen LogP contribution is -2.45. The number of carbonyl (C=O) groups is 1. The Kier molecular flexibility index (Phi) is 11.5. The first kappa shape index (κ1) is 23.5. The van der Waals surface area contributed by atoms with E-state index >= 15 is 0 Å². The summed E-state index contributed by atoms with van der Waals surface area (Å²) in [5, 5.41) is 9.79. The topological polar surface area (TPSA) is 68.8 Å². The SMILES string of the molecule is CCNC(=NCCNC(=O)C(C)C)NC1CCN(CC2CCCC2)C1.I. The van der Waals surface area contributed by atoms with Crippen molar-refractivity contribution in [1.82, 2.24) is 20.9 Å². The summed E-state index contributed by atoms with van der Waals surface area (Å²) < 4.78 is 0. The Labute approximate surface area is 176 Å². The van der Waals surface area contributed by atoms with Crippen molar-refractivity contribution in [3.05, 3.63) is 0 Å². The Balaban J connectivity index is 0.00000338. The molecule has 0 aromatic heterocycles. The number of hydrogen-bond acceptors (Lipinski definition) is 3. The van der Waals surface area contributed by atoms with Crippen molar-refractivity contribution in [3.8, 4) is 0 Å². The lowest BCUT2D eigenvalue weighted by molar-refractivity contribution is -0.123. The summed E-state index contributed by atoms with van der Waals surface area (Å²) >= 11 is 0. The molecule has 1 saturated heterocycles. The third-order valence-corrected chi connectivity index (χ3v) is 5.15. The Morgan fingerprint density at radius 2 is 1.92 bits per heavy atom. The highest BCUT2D eigenvalue weighted by molar-refractivity contribution is 14.0. The Morgan fingerprint density at radius 3 is 2.58 bits per heavy atom. The van der Waals surface area contributed by atoms with Crippen LogP contribution in [0.4, 0.5) is 0 Å². The van der Waals surface area contributed by atoms with Crippen LogP contribution in [0, 0.1) is 11.8 Å². The normalized spacial score (nSPS) is 21.7. The van der Waals surface area contributed by atoms with Crippen LogP contribution in [0.15, 0.2) is 4.99 Å². The number of nitrogens with one attached hydrogen (secondary N) is 3. The van der Waals surface area contributed by atoms with Crippen molar-refractivity contribution < 1.29 is 4.79 Å². The summed E-state index contributed by atoms with van der Waals surface area (Å²) in [5.41, 5.74) is 0. The summed E-state index contributed by atoms with van der Waals surface area (Å²) in [4.78, 5) is 18.8. The number of aliphatic imine (C=N–C) groups is 1. The van der Waals surface area contributed by atoms with E-state index in [-0.39, 0.29) is 35.8 Å². The first-order chi connectivity index (χ1) is 12.1. The van der Waals surface area contributed by atoms with E-state index in [0.29, 0.717) is 19.1 Å². The maximum Gasteiger partial charge on any atom is 0.222 e. The van der Waals surface area contributed by atoms with Crippen LogP contribution in [0.5, 0.6) is 0 Å². The standard InChI is InChI=1S/C19H37N5O.HI/c1-4-20-19(22-11-10-21-18(25)15(2)3)23-17-9-12-24(14-17)13-16-7-5-6-8-16;/h15-17H,4-14H2,1-3H3,(H,21,25)(H2,20,22,23);1H. The molecule has 0 aromatic carbocycles. The van der Waals surface area contributed by atoms with E-state index in [0.717, 1.165) is 25.0 Å². The van der Waals surface area contributed by atoms with Crippen molar-refractivity contribution in [2.75, 3.05) is 39.3 Å². The van der Waals surface area contributed by atoms with E-state index in [1.54, 1.807) is 0 Å². The lowest BCUT2D eigenvalue weighted by atomic mass is 10.1. The van der Waals surface area contributed by atoms with Crippen molar-refractivity contribution in [2.45, 2.75) is 58.9 Å². The van der Waals surface area contributed by atoms with Crippen LogP contribution in [-0.4, -0.2) is 62.1 Å². The van der Waals surface area contributed by atoms with Gasteiger partial charge in [-0.15, -0.1) is 24.0 Å². The number of hydrogen-bond donors (Lipinski definition) is 3. The average molecular weight is 479 g/mol. The fourth-order valence-corrected chi connectivity index (χ4v) is 3.74. The molecule has 0 spiro atoms. The summed E-state index contributed by atoms with van der Waals surface area (Å²) in [7, 11) is 0. The molecule has 2 rings (SSSR count). The largest absolute Gasteiger partial charge is 0.357 e. The number of halogens is 1. The number of nitrogens with zero attached hydrogens (tertiary/aromatic N) is 2. The van der Waals surface area contributed by atoms with Crippen molar-refractivity contribution in [2.24, 2.45) is 16.8 Å². The zero-order valence-corrected chi connectivity index (χ0v) is 19.1. The molecule has 6 nitrogen and oxygen atoms in total. The third-order valence-electron chi connectivity index (χ3n) is 5.15. The molecule has 0 aromatic rings. The minimum absolute atomic E-state index is 0. The van der Waals surface area contributed by atoms with Gasteiger partial charge in [0, 0.05) is 44.7 Å². The highest BCUT2D eigenvalue weighted by Gasteiger charge is 2.26. The second-order valence-electron chi connectivity index (χ2n) is 7.75. The minimum Gasteiger partial charge on any atom is -0.357 e. The van der Waals surface area contributed by atoms with Gasteiger partial charge >= 0.3 is 0 Å². The van der Waals surface area contributed by atoms with Gasteiger partial charge in [-0.3, -0.25) is 9.79 Å². The molecule has 0 radical (unpaired) electrons. The first-order valence-corrected chi connectivity index (χ1v) is 10.1. The Hall–Kier alpha value is -0.570. The number of carbonyl (C=O) groups excluding carboxylic acids is 1. The molecule has 3 N–H and O–H groups in total. The fraction of sp³-hybridized carbons (Fsp3) is 0.895. The zero-order chi connectivity index (χ0) is 18.1.